The van der Waals surface area contributed by atoms with Crippen LogP contribution in [0, 0.1) is 13.8 Å². The number of hydrogen-bond acceptors (Lipinski definition) is 5. The van der Waals surface area contributed by atoms with E-state index < -0.39 is 0 Å². The molecular weight excluding hydrogens is 338 g/mol. The Balaban J connectivity index is 1.50. The number of nitrogens with one attached hydrogen (secondary N) is 2. The Kier molecular flexibility index (Phi) is 5.04. The number of hydrazine groups is 1. The molecule has 0 spiro atoms. The molecule has 0 atom stereocenters. The quantitative estimate of drug-likeness (QED) is 0.555. The van der Waals surface area contributed by atoms with Gasteiger partial charge >= 0.3 is 0 Å². The molecule has 0 aliphatic heterocycles. The maximum absolute atomic E-state index is 12.0. The highest BCUT2D eigenvalue weighted by Crippen LogP contribution is 2.22. The summed E-state index contributed by atoms with van der Waals surface area (Å²) in [5.74, 6) is -0.618. The molecule has 7 heteroatoms. The summed E-state index contributed by atoms with van der Waals surface area (Å²) in [6, 6.07) is 12.8. The van der Waals surface area contributed by atoms with E-state index in [1.807, 2.05) is 44.2 Å². The fourth-order valence-corrected chi connectivity index (χ4v) is 2.80. The summed E-state index contributed by atoms with van der Waals surface area (Å²) in [6.07, 6.45) is 0. The molecule has 2 aromatic carbocycles. The summed E-state index contributed by atoms with van der Waals surface area (Å²) >= 11 is 1.17. The smallest absolute Gasteiger partial charge is 0.269 e. The summed E-state index contributed by atoms with van der Waals surface area (Å²) < 4.78 is 5.52. The zero-order valence-corrected chi connectivity index (χ0v) is 14.6. The lowest BCUT2D eigenvalue weighted by molar-refractivity contribution is -0.119. The monoisotopic (exact) mass is 355 g/mol. The average molecular weight is 355 g/mol. The van der Waals surface area contributed by atoms with Crippen LogP contribution in [0.4, 0.5) is 0 Å². The van der Waals surface area contributed by atoms with Crippen molar-refractivity contribution in [2.24, 2.45) is 0 Å². The van der Waals surface area contributed by atoms with Gasteiger partial charge in [0.1, 0.15) is 5.52 Å². The van der Waals surface area contributed by atoms with Gasteiger partial charge in [-0.15, -0.1) is 0 Å². The summed E-state index contributed by atoms with van der Waals surface area (Å²) in [6.45, 7) is 3.91. The lowest BCUT2D eigenvalue weighted by Crippen LogP contribution is -2.42. The second kappa shape index (κ2) is 7.40. The van der Waals surface area contributed by atoms with E-state index in [4.69, 9.17) is 4.42 Å². The van der Waals surface area contributed by atoms with E-state index >= 15 is 0 Å². The highest BCUT2D eigenvalue weighted by atomic mass is 32.2. The van der Waals surface area contributed by atoms with Gasteiger partial charge in [-0.25, -0.2) is 4.98 Å². The van der Waals surface area contributed by atoms with Gasteiger partial charge in [-0.2, -0.15) is 0 Å². The Morgan fingerprint density at radius 2 is 1.88 bits per heavy atom. The number of oxazole rings is 1. The predicted octanol–water partition coefficient (Wildman–Crippen LogP) is 3.00. The van der Waals surface area contributed by atoms with Crippen LogP contribution < -0.4 is 10.9 Å². The molecule has 0 aliphatic rings. The van der Waals surface area contributed by atoms with E-state index in [0.717, 1.165) is 16.6 Å². The number of carbonyl (C=O) groups excluding carboxylic acids is 2. The molecule has 1 heterocycles. The van der Waals surface area contributed by atoms with Crippen LogP contribution in [0.5, 0.6) is 0 Å². The van der Waals surface area contributed by atoms with Gasteiger partial charge in [0.15, 0.2) is 5.58 Å². The third-order valence-electron chi connectivity index (χ3n) is 3.69. The first kappa shape index (κ1) is 17.0. The molecule has 128 valence electrons. The first-order valence-electron chi connectivity index (χ1n) is 7.68. The Bertz CT molecular complexity index is 903. The molecule has 1 aromatic heterocycles. The van der Waals surface area contributed by atoms with Gasteiger partial charge in [0.25, 0.3) is 11.1 Å². The van der Waals surface area contributed by atoms with Crippen molar-refractivity contribution in [3.05, 3.63) is 59.2 Å². The van der Waals surface area contributed by atoms with Gasteiger partial charge in [-0.1, -0.05) is 30.0 Å². The second-order valence-corrected chi connectivity index (χ2v) is 6.46. The van der Waals surface area contributed by atoms with Crippen LogP contribution in [0.15, 0.2) is 52.1 Å². The van der Waals surface area contributed by atoms with Crippen molar-refractivity contribution in [3.63, 3.8) is 0 Å². The first-order valence-corrected chi connectivity index (χ1v) is 8.66. The van der Waals surface area contributed by atoms with E-state index in [-0.39, 0.29) is 17.6 Å². The molecule has 0 fully saturated rings. The number of aromatic nitrogens is 1. The molecule has 0 aliphatic carbocycles. The Morgan fingerprint density at radius 3 is 2.64 bits per heavy atom. The fraction of sp³-hybridized carbons (Fsp3) is 0.167. The number of aryl methyl sites for hydroxylation is 2. The maximum Gasteiger partial charge on any atom is 0.269 e. The molecule has 0 bridgehead atoms. The van der Waals surface area contributed by atoms with Crippen molar-refractivity contribution in [3.8, 4) is 0 Å². The van der Waals surface area contributed by atoms with Crippen LogP contribution >= 0.6 is 11.8 Å². The topological polar surface area (TPSA) is 84.2 Å². The van der Waals surface area contributed by atoms with Crippen LogP contribution in [-0.4, -0.2) is 22.6 Å². The predicted molar refractivity (Wildman–Crippen MR) is 96.3 cm³/mol. The van der Waals surface area contributed by atoms with Crippen LogP contribution in [0.25, 0.3) is 11.1 Å². The van der Waals surface area contributed by atoms with E-state index in [2.05, 4.69) is 15.8 Å². The largest absolute Gasteiger partial charge is 0.431 e. The lowest BCUT2D eigenvalue weighted by atomic mass is 10.1. The molecule has 0 unspecified atom stereocenters. The molecule has 0 saturated carbocycles. The third-order valence-corrected chi connectivity index (χ3v) is 4.51. The minimum Gasteiger partial charge on any atom is -0.431 e. The van der Waals surface area contributed by atoms with Crippen molar-refractivity contribution in [2.75, 3.05) is 5.75 Å². The second-order valence-electron chi connectivity index (χ2n) is 5.54. The van der Waals surface area contributed by atoms with E-state index in [1.165, 1.54) is 11.8 Å². The van der Waals surface area contributed by atoms with Crippen molar-refractivity contribution in [1.82, 2.24) is 15.8 Å². The van der Waals surface area contributed by atoms with Crippen LogP contribution in [0.2, 0.25) is 0 Å². The molecule has 2 amide bonds. The SMILES string of the molecule is Cc1ccc(C(=O)NNC(=O)CSc2nc3ccccc3o2)cc1C. The number of rotatable bonds is 4. The molecule has 3 aromatic rings. The molecule has 0 radical (unpaired) electrons. The molecule has 3 rings (SSSR count). The zero-order valence-electron chi connectivity index (χ0n) is 13.8. The van der Waals surface area contributed by atoms with E-state index in [0.29, 0.717) is 16.4 Å². The molecule has 0 saturated heterocycles. The molecule has 2 N–H and O–H groups in total. The Hall–Kier alpha value is -2.80. The van der Waals surface area contributed by atoms with E-state index in [1.54, 1.807) is 12.1 Å². The van der Waals surface area contributed by atoms with Crippen molar-refractivity contribution in [2.45, 2.75) is 19.1 Å². The summed E-state index contributed by atoms with van der Waals surface area (Å²) in [4.78, 5) is 28.2. The minimum atomic E-state index is -0.358. The van der Waals surface area contributed by atoms with Gasteiger partial charge in [0, 0.05) is 5.56 Å². The summed E-state index contributed by atoms with van der Waals surface area (Å²) in [5.41, 5.74) is 8.84. The molecule has 25 heavy (non-hydrogen) atoms. The van der Waals surface area contributed by atoms with Crippen molar-refractivity contribution < 1.29 is 14.0 Å². The van der Waals surface area contributed by atoms with Gasteiger partial charge < -0.3 is 4.42 Å². The highest BCUT2D eigenvalue weighted by molar-refractivity contribution is 7.99. The number of amides is 2. The number of benzene rings is 2. The maximum atomic E-state index is 12.0. The average Bonchev–Trinajstić information content (AvgIpc) is 3.03. The van der Waals surface area contributed by atoms with Gasteiger partial charge in [0.2, 0.25) is 5.91 Å². The fourth-order valence-electron chi connectivity index (χ4n) is 2.16. The number of nitrogens with zero attached hydrogens (tertiary/aromatic N) is 1. The Morgan fingerprint density at radius 1 is 1.08 bits per heavy atom. The number of para-hydroxylation sites is 2. The third kappa shape index (κ3) is 4.19. The van der Waals surface area contributed by atoms with E-state index in [9.17, 15) is 9.59 Å². The minimum absolute atomic E-state index is 0.0834. The van der Waals surface area contributed by atoms with Crippen LogP contribution in [0.1, 0.15) is 21.5 Å². The normalized spacial score (nSPS) is 10.6. The number of hydrogen-bond donors (Lipinski definition) is 2. The molecular formula is C18H17N3O3S. The standard InChI is InChI=1S/C18H17N3O3S/c1-11-7-8-13(9-12(11)2)17(23)21-20-16(22)10-25-18-19-14-5-3-4-6-15(14)24-18/h3-9H,10H2,1-2H3,(H,20,22)(H,21,23). The first-order chi connectivity index (χ1) is 12.0. The summed E-state index contributed by atoms with van der Waals surface area (Å²) in [7, 11) is 0. The van der Waals surface area contributed by atoms with Crippen LogP contribution in [0.3, 0.4) is 0 Å². The number of thioether (sulfide) groups is 1. The summed E-state index contributed by atoms with van der Waals surface area (Å²) in [5, 5.41) is 0.414. The van der Waals surface area contributed by atoms with Gasteiger partial charge in [-0.05, 0) is 49.2 Å². The lowest BCUT2D eigenvalue weighted by Gasteiger charge is -2.08. The van der Waals surface area contributed by atoms with Crippen molar-refractivity contribution in [1.29, 1.82) is 0 Å². The van der Waals surface area contributed by atoms with Crippen LogP contribution in [-0.2, 0) is 4.79 Å². The van der Waals surface area contributed by atoms with Crippen molar-refractivity contribution >= 4 is 34.7 Å². The molecule has 6 nitrogen and oxygen atoms in total. The zero-order chi connectivity index (χ0) is 17.8. The number of fused-ring (bicyclic) bond motifs is 1. The Labute approximate surface area is 149 Å². The highest BCUT2D eigenvalue weighted by Gasteiger charge is 2.11. The van der Waals surface area contributed by atoms with Gasteiger partial charge in [-0.3, -0.25) is 20.4 Å². The number of carbonyl (C=O) groups is 2. The van der Waals surface area contributed by atoms with Gasteiger partial charge in [0.05, 0.1) is 5.75 Å².